The van der Waals surface area contributed by atoms with Crippen LogP contribution >= 0.6 is 31.9 Å². The van der Waals surface area contributed by atoms with Gasteiger partial charge in [0.05, 0.1) is 12.2 Å². The molecule has 1 aromatic heterocycles. The van der Waals surface area contributed by atoms with Gasteiger partial charge >= 0.3 is 6.01 Å². The lowest BCUT2D eigenvalue weighted by Gasteiger charge is -2.04. The summed E-state index contributed by atoms with van der Waals surface area (Å²) in [5.41, 5.74) is 0.875. The van der Waals surface area contributed by atoms with Gasteiger partial charge in [-0.2, -0.15) is 0 Å². The first-order chi connectivity index (χ1) is 9.19. The van der Waals surface area contributed by atoms with E-state index in [9.17, 15) is 0 Å². The first kappa shape index (κ1) is 14.5. The SMILES string of the molecule is CCCNCc1nnc(Nc2ccc(Br)cc2Br)o1. The molecule has 0 aliphatic rings. The van der Waals surface area contributed by atoms with E-state index in [1.807, 2.05) is 18.2 Å². The maximum absolute atomic E-state index is 5.49. The molecule has 0 aliphatic heterocycles. The van der Waals surface area contributed by atoms with Crippen molar-refractivity contribution in [3.63, 3.8) is 0 Å². The molecular formula is C12H14Br2N4O. The van der Waals surface area contributed by atoms with E-state index in [2.05, 4.69) is 59.6 Å². The number of aromatic nitrogens is 2. The van der Waals surface area contributed by atoms with Crippen molar-refractivity contribution in [2.24, 2.45) is 0 Å². The van der Waals surface area contributed by atoms with Crippen molar-refractivity contribution in [1.29, 1.82) is 0 Å². The van der Waals surface area contributed by atoms with Gasteiger partial charge in [0.25, 0.3) is 0 Å². The summed E-state index contributed by atoms with van der Waals surface area (Å²) in [6.07, 6.45) is 1.07. The molecule has 2 rings (SSSR count). The first-order valence-electron chi connectivity index (χ1n) is 5.94. The third-order valence-electron chi connectivity index (χ3n) is 2.34. The van der Waals surface area contributed by atoms with Crippen molar-refractivity contribution >= 4 is 43.6 Å². The molecule has 0 bridgehead atoms. The third-order valence-corrected chi connectivity index (χ3v) is 3.49. The van der Waals surface area contributed by atoms with Crippen LogP contribution in [0.2, 0.25) is 0 Å². The second kappa shape index (κ2) is 7.02. The van der Waals surface area contributed by atoms with Gasteiger partial charge in [-0.3, -0.25) is 0 Å². The van der Waals surface area contributed by atoms with Crippen molar-refractivity contribution in [2.75, 3.05) is 11.9 Å². The summed E-state index contributed by atoms with van der Waals surface area (Å²) in [7, 11) is 0. The fraction of sp³-hybridized carbons (Fsp3) is 0.333. The number of nitrogens with zero attached hydrogens (tertiary/aromatic N) is 2. The number of halogens is 2. The number of hydrogen-bond acceptors (Lipinski definition) is 5. The molecule has 2 aromatic rings. The summed E-state index contributed by atoms with van der Waals surface area (Å²) in [5.74, 6) is 0.573. The van der Waals surface area contributed by atoms with E-state index < -0.39 is 0 Å². The Hall–Kier alpha value is -0.920. The Kier molecular flexibility index (Phi) is 5.35. The molecule has 0 spiro atoms. The Morgan fingerprint density at radius 2 is 2.11 bits per heavy atom. The summed E-state index contributed by atoms with van der Waals surface area (Å²) in [4.78, 5) is 0. The van der Waals surface area contributed by atoms with Crippen molar-refractivity contribution in [3.05, 3.63) is 33.0 Å². The lowest BCUT2D eigenvalue weighted by atomic mass is 10.3. The van der Waals surface area contributed by atoms with Crippen molar-refractivity contribution in [2.45, 2.75) is 19.9 Å². The van der Waals surface area contributed by atoms with E-state index in [0.717, 1.165) is 27.6 Å². The Balaban J connectivity index is 1.99. The minimum Gasteiger partial charge on any atom is -0.406 e. The molecule has 0 fully saturated rings. The van der Waals surface area contributed by atoms with Crippen LogP contribution in [0, 0.1) is 0 Å². The Bertz CT molecular complexity index is 544. The zero-order valence-corrected chi connectivity index (χ0v) is 13.6. The second-order valence-corrected chi connectivity index (χ2v) is 5.70. The summed E-state index contributed by atoms with van der Waals surface area (Å²) < 4.78 is 7.41. The van der Waals surface area contributed by atoms with Crippen molar-refractivity contribution in [1.82, 2.24) is 15.5 Å². The highest BCUT2D eigenvalue weighted by atomic mass is 79.9. The van der Waals surface area contributed by atoms with E-state index >= 15 is 0 Å². The normalized spacial score (nSPS) is 10.7. The highest BCUT2D eigenvalue weighted by Gasteiger charge is 2.07. The molecule has 0 amide bonds. The fourth-order valence-electron chi connectivity index (χ4n) is 1.45. The Morgan fingerprint density at radius 3 is 2.84 bits per heavy atom. The summed E-state index contributed by atoms with van der Waals surface area (Å²) in [6, 6.07) is 6.19. The molecule has 1 heterocycles. The van der Waals surface area contributed by atoms with Gasteiger partial charge in [0.15, 0.2) is 0 Å². The van der Waals surface area contributed by atoms with E-state index in [-0.39, 0.29) is 0 Å². The average molecular weight is 390 g/mol. The van der Waals surface area contributed by atoms with Crippen LogP contribution < -0.4 is 10.6 Å². The number of anilines is 2. The molecule has 5 nitrogen and oxygen atoms in total. The number of benzene rings is 1. The number of nitrogens with one attached hydrogen (secondary N) is 2. The van der Waals surface area contributed by atoms with Gasteiger partial charge < -0.3 is 15.1 Å². The van der Waals surface area contributed by atoms with Gasteiger partial charge in [0, 0.05) is 8.95 Å². The van der Waals surface area contributed by atoms with Crippen LogP contribution in [0.1, 0.15) is 19.2 Å². The molecule has 19 heavy (non-hydrogen) atoms. The second-order valence-electron chi connectivity index (χ2n) is 3.93. The summed E-state index contributed by atoms with van der Waals surface area (Å²) >= 11 is 6.87. The van der Waals surface area contributed by atoms with E-state index in [0.29, 0.717) is 18.5 Å². The van der Waals surface area contributed by atoms with E-state index in [1.54, 1.807) is 0 Å². The first-order valence-corrected chi connectivity index (χ1v) is 7.53. The average Bonchev–Trinajstić information content (AvgIpc) is 2.81. The predicted molar refractivity (Wildman–Crippen MR) is 81.4 cm³/mol. The molecule has 0 saturated heterocycles. The predicted octanol–water partition coefficient (Wildman–Crippen LogP) is 3.84. The highest BCUT2D eigenvalue weighted by Crippen LogP contribution is 2.28. The Labute approximate surface area is 128 Å². The molecule has 0 aliphatic carbocycles. The molecule has 1 aromatic carbocycles. The van der Waals surface area contributed by atoms with E-state index in [1.165, 1.54) is 0 Å². The van der Waals surface area contributed by atoms with Gasteiger partial charge in [-0.05, 0) is 47.1 Å². The maximum Gasteiger partial charge on any atom is 0.320 e. The van der Waals surface area contributed by atoms with Gasteiger partial charge in [0.1, 0.15) is 0 Å². The molecular weight excluding hydrogens is 376 g/mol. The monoisotopic (exact) mass is 388 g/mol. The highest BCUT2D eigenvalue weighted by molar-refractivity contribution is 9.11. The van der Waals surface area contributed by atoms with Crippen LogP contribution in [0.4, 0.5) is 11.7 Å². The smallest absolute Gasteiger partial charge is 0.320 e. The summed E-state index contributed by atoms with van der Waals surface area (Å²) in [5, 5.41) is 14.2. The van der Waals surface area contributed by atoms with Crippen molar-refractivity contribution < 1.29 is 4.42 Å². The third kappa shape index (κ3) is 4.29. The molecule has 102 valence electrons. The largest absolute Gasteiger partial charge is 0.406 e. The molecule has 2 N–H and O–H groups in total. The molecule has 0 radical (unpaired) electrons. The fourth-order valence-corrected chi connectivity index (χ4v) is 2.60. The number of rotatable bonds is 6. The lowest BCUT2D eigenvalue weighted by molar-refractivity contribution is 0.479. The summed E-state index contributed by atoms with van der Waals surface area (Å²) in [6.45, 7) is 3.63. The number of hydrogen-bond donors (Lipinski definition) is 2. The molecule has 0 saturated carbocycles. The topological polar surface area (TPSA) is 63.0 Å². The minimum absolute atomic E-state index is 0.385. The zero-order valence-electron chi connectivity index (χ0n) is 10.4. The molecule has 0 unspecified atom stereocenters. The van der Waals surface area contributed by atoms with Crippen LogP contribution in [-0.2, 0) is 6.54 Å². The van der Waals surface area contributed by atoms with Crippen LogP contribution in [0.25, 0.3) is 0 Å². The van der Waals surface area contributed by atoms with Crippen LogP contribution in [-0.4, -0.2) is 16.7 Å². The van der Waals surface area contributed by atoms with Crippen molar-refractivity contribution in [3.8, 4) is 0 Å². The van der Waals surface area contributed by atoms with Crippen LogP contribution in [0.3, 0.4) is 0 Å². The quantitative estimate of drug-likeness (QED) is 0.735. The Morgan fingerprint density at radius 1 is 1.26 bits per heavy atom. The molecule has 7 heteroatoms. The van der Waals surface area contributed by atoms with Gasteiger partial charge in [-0.15, -0.1) is 5.10 Å². The van der Waals surface area contributed by atoms with Crippen LogP contribution in [0.5, 0.6) is 0 Å². The lowest BCUT2D eigenvalue weighted by Crippen LogP contribution is -2.13. The molecule has 0 atom stereocenters. The van der Waals surface area contributed by atoms with E-state index in [4.69, 9.17) is 4.42 Å². The maximum atomic E-state index is 5.49. The van der Waals surface area contributed by atoms with Crippen LogP contribution in [0.15, 0.2) is 31.6 Å². The van der Waals surface area contributed by atoms with Gasteiger partial charge in [-0.25, -0.2) is 0 Å². The zero-order chi connectivity index (χ0) is 13.7. The van der Waals surface area contributed by atoms with Gasteiger partial charge in [0.2, 0.25) is 5.89 Å². The standard InChI is InChI=1S/C12H14Br2N4O/c1-2-5-15-7-11-17-18-12(19-11)16-10-4-3-8(13)6-9(10)14/h3-4,6,15H,2,5,7H2,1H3,(H,16,18). The minimum atomic E-state index is 0.385. The van der Waals surface area contributed by atoms with Gasteiger partial charge in [-0.1, -0.05) is 28.0 Å².